The molecular formula is C10H20O. The Hall–Kier alpha value is -0.460. The van der Waals surface area contributed by atoms with Gasteiger partial charge in [0, 0.05) is 0 Å². The minimum atomic E-state index is 0.313. The second-order valence-corrected chi connectivity index (χ2v) is 3.12. The van der Waals surface area contributed by atoms with E-state index in [2.05, 4.69) is 26.8 Å². The van der Waals surface area contributed by atoms with Gasteiger partial charge in [-0.05, 0) is 39.7 Å². The fourth-order valence-corrected chi connectivity index (χ4v) is 0.929. The predicted octanol–water partition coefficient (Wildman–Crippen LogP) is 3.51. The fraction of sp³-hybridized carbons (Fsp3) is 0.800. The first-order valence-electron chi connectivity index (χ1n) is 4.50. The zero-order chi connectivity index (χ0) is 8.69. The zero-order valence-electron chi connectivity index (χ0n) is 8.18. The van der Waals surface area contributed by atoms with Crippen LogP contribution in [0.1, 0.15) is 47.0 Å². The summed E-state index contributed by atoms with van der Waals surface area (Å²) in [4.78, 5) is 0. The minimum absolute atomic E-state index is 0.313. The topological polar surface area (TPSA) is 9.23 Å². The summed E-state index contributed by atoms with van der Waals surface area (Å²) in [5.74, 6) is 1.06. The van der Waals surface area contributed by atoms with E-state index in [1.165, 1.54) is 12.8 Å². The van der Waals surface area contributed by atoms with E-state index in [9.17, 15) is 0 Å². The summed E-state index contributed by atoms with van der Waals surface area (Å²) in [6, 6.07) is 0. The Labute approximate surface area is 70.4 Å². The van der Waals surface area contributed by atoms with Gasteiger partial charge in [0.25, 0.3) is 0 Å². The van der Waals surface area contributed by atoms with Gasteiger partial charge in [-0.1, -0.05) is 13.3 Å². The van der Waals surface area contributed by atoms with Crippen molar-refractivity contribution in [3.63, 3.8) is 0 Å². The number of rotatable bonds is 5. The molecule has 0 aromatic carbocycles. The van der Waals surface area contributed by atoms with Crippen LogP contribution < -0.4 is 0 Å². The average Bonchev–Trinajstić information content (AvgIpc) is 1.86. The van der Waals surface area contributed by atoms with Crippen LogP contribution in [0.2, 0.25) is 0 Å². The first-order valence-corrected chi connectivity index (χ1v) is 4.50. The van der Waals surface area contributed by atoms with Crippen LogP contribution in [0.15, 0.2) is 11.8 Å². The molecule has 11 heavy (non-hydrogen) atoms. The zero-order valence-corrected chi connectivity index (χ0v) is 8.18. The molecule has 0 amide bonds. The summed E-state index contributed by atoms with van der Waals surface area (Å²) in [7, 11) is 0. The quantitative estimate of drug-likeness (QED) is 0.437. The molecule has 0 heterocycles. The highest BCUT2D eigenvalue weighted by Crippen LogP contribution is 2.04. The maximum atomic E-state index is 5.46. The molecule has 0 N–H and O–H groups in total. The highest BCUT2D eigenvalue weighted by molar-refractivity contribution is 4.88. The third-order valence-corrected chi connectivity index (χ3v) is 1.41. The molecule has 0 aromatic rings. The molecule has 0 aromatic heterocycles. The molecule has 0 atom stereocenters. The Morgan fingerprint density at radius 3 is 2.55 bits per heavy atom. The lowest BCUT2D eigenvalue weighted by Crippen LogP contribution is -1.99. The molecule has 0 aliphatic heterocycles. The summed E-state index contributed by atoms with van der Waals surface area (Å²) >= 11 is 0. The standard InChI is InChI=1S/C10H20O/c1-5-6-7-8-10(4)11-9(2)3/h8-9H,5-7H2,1-4H3/b10-8+. The van der Waals surface area contributed by atoms with Gasteiger partial charge in [-0.3, -0.25) is 0 Å². The molecule has 0 saturated carbocycles. The SMILES string of the molecule is CCCC/C=C(\C)OC(C)C. The van der Waals surface area contributed by atoms with Gasteiger partial charge in [-0.15, -0.1) is 0 Å². The molecule has 0 rings (SSSR count). The number of allylic oxidation sites excluding steroid dienone is 2. The highest BCUT2D eigenvalue weighted by Gasteiger charge is 1.92. The highest BCUT2D eigenvalue weighted by atomic mass is 16.5. The smallest absolute Gasteiger partial charge is 0.0926 e. The lowest BCUT2D eigenvalue weighted by atomic mass is 10.2. The van der Waals surface area contributed by atoms with Crippen molar-refractivity contribution in [2.75, 3.05) is 0 Å². The second kappa shape index (κ2) is 6.26. The van der Waals surface area contributed by atoms with Gasteiger partial charge < -0.3 is 4.74 Å². The van der Waals surface area contributed by atoms with Gasteiger partial charge in [0.15, 0.2) is 0 Å². The molecule has 66 valence electrons. The van der Waals surface area contributed by atoms with Crippen LogP contribution in [-0.2, 0) is 4.74 Å². The van der Waals surface area contributed by atoms with Gasteiger partial charge in [0.1, 0.15) is 0 Å². The lowest BCUT2D eigenvalue weighted by molar-refractivity contribution is 0.148. The van der Waals surface area contributed by atoms with Gasteiger partial charge in [-0.2, -0.15) is 0 Å². The van der Waals surface area contributed by atoms with E-state index in [0.29, 0.717) is 6.10 Å². The fourth-order valence-electron chi connectivity index (χ4n) is 0.929. The molecular weight excluding hydrogens is 136 g/mol. The van der Waals surface area contributed by atoms with Crippen molar-refractivity contribution >= 4 is 0 Å². The maximum absolute atomic E-state index is 5.46. The molecule has 1 nitrogen and oxygen atoms in total. The summed E-state index contributed by atoms with van der Waals surface area (Å²) in [6.45, 7) is 8.33. The lowest BCUT2D eigenvalue weighted by Gasteiger charge is -2.09. The Kier molecular flexibility index (Phi) is 6.00. The Morgan fingerprint density at radius 2 is 2.09 bits per heavy atom. The normalized spacial score (nSPS) is 12.3. The number of ether oxygens (including phenoxy) is 1. The molecule has 0 saturated heterocycles. The van der Waals surface area contributed by atoms with E-state index in [-0.39, 0.29) is 0 Å². The van der Waals surface area contributed by atoms with Gasteiger partial charge >= 0.3 is 0 Å². The van der Waals surface area contributed by atoms with E-state index in [1.54, 1.807) is 0 Å². The Morgan fingerprint density at radius 1 is 1.45 bits per heavy atom. The van der Waals surface area contributed by atoms with E-state index in [1.807, 2.05) is 6.92 Å². The van der Waals surface area contributed by atoms with Crippen molar-refractivity contribution in [2.45, 2.75) is 53.1 Å². The Balaban J connectivity index is 3.46. The molecule has 0 fully saturated rings. The van der Waals surface area contributed by atoms with Crippen molar-refractivity contribution in [1.82, 2.24) is 0 Å². The number of hydrogen-bond donors (Lipinski definition) is 0. The maximum Gasteiger partial charge on any atom is 0.0926 e. The molecule has 0 aliphatic carbocycles. The minimum Gasteiger partial charge on any atom is -0.496 e. The summed E-state index contributed by atoms with van der Waals surface area (Å²) < 4.78 is 5.46. The summed E-state index contributed by atoms with van der Waals surface area (Å²) in [5.41, 5.74) is 0. The van der Waals surface area contributed by atoms with Crippen LogP contribution in [0.4, 0.5) is 0 Å². The molecule has 0 spiro atoms. The van der Waals surface area contributed by atoms with Crippen molar-refractivity contribution in [1.29, 1.82) is 0 Å². The van der Waals surface area contributed by atoms with E-state index >= 15 is 0 Å². The molecule has 0 bridgehead atoms. The van der Waals surface area contributed by atoms with E-state index in [4.69, 9.17) is 4.74 Å². The van der Waals surface area contributed by atoms with Crippen LogP contribution in [0, 0.1) is 0 Å². The third-order valence-electron chi connectivity index (χ3n) is 1.41. The first-order chi connectivity index (χ1) is 5.16. The van der Waals surface area contributed by atoms with Crippen molar-refractivity contribution in [3.05, 3.63) is 11.8 Å². The third kappa shape index (κ3) is 7.44. The molecule has 0 aliphatic rings. The van der Waals surface area contributed by atoms with Gasteiger partial charge in [0.2, 0.25) is 0 Å². The summed E-state index contributed by atoms with van der Waals surface area (Å²) in [5, 5.41) is 0. The van der Waals surface area contributed by atoms with Crippen molar-refractivity contribution in [2.24, 2.45) is 0 Å². The number of hydrogen-bond acceptors (Lipinski definition) is 1. The van der Waals surface area contributed by atoms with Gasteiger partial charge in [-0.25, -0.2) is 0 Å². The first kappa shape index (κ1) is 10.5. The Bertz CT molecular complexity index is 114. The van der Waals surface area contributed by atoms with Crippen LogP contribution >= 0.6 is 0 Å². The van der Waals surface area contributed by atoms with E-state index < -0.39 is 0 Å². The van der Waals surface area contributed by atoms with Crippen LogP contribution in [-0.4, -0.2) is 6.10 Å². The molecule has 1 heteroatoms. The van der Waals surface area contributed by atoms with Crippen molar-refractivity contribution < 1.29 is 4.74 Å². The molecule has 0 unspecified atom stereocenters. The summed E-state index contributed by atoms with van der Waals surface area (Å²) in [6.07, 6.45) is 6.15. The van der Waals surface area contributed by atoms with Crippen molar-refractivity contribution in [3.8, 4) is 0 Å². The predicted molar refractivity (Wildman–Crippen MR) is 49.5 cm³/mol. The van der Waals surface area contributed by atoms with Gasteiger partial charge in [0.05, 0.1) is 11.9 Å². The van der Waals surface area contributed by atoms with Crippen LogP contribution in [0.3, 0.4) is 0 Å². The molecule has 0 radical (unpaired) electrons. The second-order valence-electron chi connectivity index (χ2n) is 3.12. The van der Waals surface area contributed by atoms with Crippen LogP contribution in [0.25, 0.3) is 0 Å². The number of unbranched alkanes of at least 4 members (excludes halogenated alkanes) is 2. The monoisotopic (exact) mass is 156 g/mol. The largest absolute Gasteiger partial charge is 0.496 e. The average molecular weight is 156 g/mol. The van der Waals surface area contributed by atoms with E-state index in [0.717, 1.165) is 12.2 Å². The van der Waals surface area contributed by atoms with Crippen LogP contribution in [0.5, 0.6) is 0 Å².